The summed E-state index contributed by atoms with van der Waals surface area (Å²) < 4.78 is 22.3. The van der Waals surface area contributed by atoms with Gasteiger partial charge in [0.2, 0.25) is 5.82 Å². The fraction of sp³-hybridized carbons (Fsp3) is 0.269. The van der Waals surface area contributed by atoms with Gasteiger partial charge in [0.05, 0.1) is 5.69 Å². The van der Waals surface area contributed by atoms with Crippen LogP contribution >= 0.6 is 11.6 Å². The van der Waals surface area contributed by atoms with E-state index in [1.165, 1.54) is 6.92 Å². The number of hydrogen-bond acceptors (Lipinski definition) is 5. The van der Waals surface area contributed by atoms with E-state index in [1.54, 1.807) is 6.20 Å². The summed E-state index contributed by atoms with van der Waals surface area (Å²) in [6.07, 6.45) is 1.25. The van der Waals surface area contributed by atoms with Gasteiger partial charge in [-0.3, -0.25) is 5.32 Å². The molecule has 2 unspecified atom stereocenters. The van der Waals surface area contributed by atoms with Crippen LogP contribution in [0.4, 0.5) is 4.39 Å². The molecule has 0 spiro atoms. The highest BCUT2D eigenvalue weighted by Crippen LogP contribution is 2.31. The Morgan fingerprint density at radius 3 is 2.62 bits per heavy atom. The molecule has 1 N–H and O–H groups in total. The summed E-state index contributed by atoms with van der Waals surface area (Å²) in [6, 6.07) is 21.0. The molecule has 0 fully saturated rings. The first-order valence-electron chi connectivity index (χ1n) is 11.0. The number of ether oxygens (including phenoxy) is 1. The maximum Gasteiger partial charge on any atom is 0.234 e. The van der Waals surface area contributed by atoms with E-state index in [-0.39, 0.29) is 12.4 Å². The Hall–Kier alpha value is -3.47. The van der Waals surface area contributed by atoms with Crippen molar-refractivity contribution >= 4 is 22.6 Å². The first-order valence-corrected chi connectivity index (χ1v) is 11.4. The molecule has 0 saturated heterocycles. The smallest absolute Gasteiger partial charge is 0.234 e. The van der Waals surface area contributed by atoms with E-state index in [2.05, 4.69) is 15.3 Å². The molecule has 34 heavy (non-hydrogen) atoms. The van der Waals surface area contributed by atoms with Crippen LogP contribution in [-0.2, 0) is 18.7 Å². The summed E-state index contributed by atoms with van der Waals surface area (Å²) in [4.78, 5) is 8.60. The number of para-hydroxylation sites is 1. The van der Waals surface area contributed by atoms with Gasteiger partial charge in [0.15, 0.2) is 5.72 Å². The molecule has 0 bridgehead atoms. The van der Waals surface area contributed by atoms with E-state index in [4.69, 9.17) is 16.3 Å². The standard InChI is InChI=1S/C26H25ClFN5O/c1-18(28)16-31-26(2,34-22-6-4-3-5-7-22)23-14-20-17-30-24(15-29)32-25(20)33(23)13-12-19-8-10-21(27)11-9-19/h3-11,14,17-18,31H,12-13,16H2,1-2H3. The van der Waals surface area contributed by atoms with Crippen LogP contribution in [-0.4, -0.2) is 27.3 Å². The summed E-state index contributed by atoms with van der Waals surface area (Å²) in [5, 5.41) is 14.0. The number of nitrogens with one attached hydrogen (secondary N) is 1. The van der Waals surface area contributed by atoms with Gasteiger partial charge in [-0.05, 0) is 56.2 Å². The lowest BCUT2D eigenvalue weighted by molar-refractivity contribution is 0.0348. The summed E-state index contributed by atoms with van der Waals surface area (Å²) in [7, 11) is 0. The zero-order chi connectivity index (χ0) is 24.1. The third-order valence-electron chi connectivity index (χ3n) is 5.55. The lowest BCUT2D eigenvalue weighted by Crippen LogP contribution is -2.48. The molecule has 2 atom stereocenters. The highest BCUT2D eigenvalue weighted by Gasteiger charge is 2.34. The van der Waals surface area contributed by atoms with Crippen LogP contribution in [0.5, 0.6) is 5.75 Å². The quantitative estimate of drug-likeness (QED) is 0.327. The van der Waals surface area contributed by atoms with Crippen LogP contribution < -0.4 is 10.1 Å². The van der Waals surface area contributed by atoms with E-state index >= 15 is 0 Å². The third kappa shape index (κ3) is 5.36. The van der Waals surface area contributed by atoms with E-state index in [1.807, 2.05) is 78.2 Å². The molecular formula is C26H25ClFN5O. The predicted octanol–water partition coefficient (Wildman–Crippen LogP) is 5.40. The van der Waals surface area contributed by atoms with E-state index < -0.39 is 11.9 Å². The first-order chi connectivity index (χ1) is 16.4. The Bertz CT molecular complexity index is 1300. The lowest BCUT2D eigenvalue weighted by atomic mass is 10.1. The zero-order valence-corrected chi connectivity index (χ0v) is 19.8. The van der Waals surface area contributed by atoms with Crippen molar-refractivity contribution in [2.75, 3.05) is 6.54 Å². The fourth-order valence-corrected chi connectivity index (χ4v) is 3.97. The molecule has 4 rings (SSSR count). The molecule has 0 radical (unpaired) electrons. The van der Waals surface area contributed by atoms with E-state index in [0.29, 0.717) is 29.4 Å². The molecule has 2 heterocycles. The number of nitrogens with zero attached hydrogens (tertiary/aromatic N) is 4. The maximum absolute atomic E-state index is 13.9. The van der Waals surface area contributed by atoms with Crippen molar-refractivity contribution in [2.45, 2.75) is 38.7 Å². The number of benzene rings is 2. The Kier molecular flexibility index (Phi) is 7.11. The van der Waals surface area contributed by atoms with Gasteiger partial charge < -0.3 is 9.30 Å². The normalized spacial score (nSPS) is 13.9. The summed E-state index contributed by atoms with van der Waals surface area (Å²) in [5.41, 5.74) is 1.40. The molecule has 0 aliphatic rings. The van der Waals surface area contributed by atoms with Crippen molar-refractivity contribution in [3.63, 3.8) is 0 Å². The number of alkyl halides is 1. The van der Waals surface area contributed by atoms with Gasteiger partial charge in [-0.25, -0.2) is 14.4 Å². The minimum Gasteiger partial charge on any atom is -0.467 e. The predicted molar refractivity (Wildman–Crippen MR) is 130 cm³/mol. The van der Waals surface area contributed by atoms with Gasteiger partial charge in [0.25, 0.3) is 0 Å². The highest BCUT2D eigenvalue weighted by molar-refractivity contribution is 6.30. The average Bonchev–Trinajstić information content (AvgIpc) is 3.21. The van der Waals surface area contributed by atoms with Crippen LogP contribution in [0.1, 0.15) is 30.9 Å². The Balaban J connectivity index is 1.80. The van der Waals surface area contributed by atoms with Crippen LogP contribution in [0.2, 0.25) is 5.02 Å². The Morgan fingerprint density at radius 2 is 1.94 bits per heavy atom. The molecule has 0 saturated carbocycles. The fourth-order valence-electron chi connectivity index (χ4n) is 3.85. The van der Waals surface area contributed by atoms with Gasteiger partial charge >= 0.3 is 0 Å². The second kappa shape index (κ2) is 10.2. The van der Waals surface area contributed by atoms with Gasteiger partial charge in [-0.2, -0.15) is 5.26 Å². The van der Waals surface area contributed by atoms with Crippen LogP contribution in [0.25, 0.3) is 11.0 Å². The van der Waals surface area contributed by atoms with Crippen molar-refractivity contribution in [1.29, 1.82) is 5.26 Å². The number of aromatic nitrogens is 3. The van der Waals surface area contributed by atoms with Crippen LogP contribution in [0, 0.1) is 11.3 Å². The zero-order valence-electron chi connectivity index (χ0n) is 19.0. The molecular weight excluding hydrogens is 453 g/mol. The molecule has 8 heteroatoms. The number of hydrogen-bond donors (Lipinski definition) is 1. The number of halogens is 2. The van der Waals surface area contributed by atoms with E-state index in [0.717, 1.165) is 16.6 Å². The third-order valence-corrected chi connectivity index (χ3v) is 5.80. The van der Waals surface area contributed by atoms with Gasteiger partial charge in [0.1, 0.15) is 23.6 Å². The second-order valence-corrected chi connectivity index (χ2v) is 8.69. The molecule has 174 valence electrons. The molecule has 2 aromatic heterocycles. The minimum absolute atomic E-state index is 0.0842. The topological polar surface area (TPSA) is 75.8 Å². The van der Waals surface area contributed by atoms with Crippen LogP contribution in [0.15, 0.2) is 66.9 Å². The van der Waals surface area contributed by atoms with Crippen LogP contribution in [0.3, 0.4) is 0 Å². The maximum atomic E-state index is 13.9. The SMILES string of the molecule is CC(F)CNC(C)(Oc1ccccc1)c1cc2cnc(C#N)nc2n1CCc1ccc(Cl)cc1. The van der Waals surface area contributed by atoms with Crippen molar-refractivity contribution in [3.05, 3.63) is 89.0 Å². The first kappa shape index (κ1) is 23.7. The molecule has 4 aromatic rings. The van der Waals surface area contributed by atoms with Gasteiger partial charge in [0, 0.05) is 29.7 Å². The van der Waals surface area contributed by atoms with Crippen molar-refractivity contribution in [2.24, 2.45) is 0 Å². The summed E-state index contributed by atoms with van der Waals surface area (Å²) in [6.45, 7) is 4.02. The van der Waals surface area contributed by atoms with Crippen molar-refractivity contribution in [1.82, 2.24) is 19.9 Å². The van der Waals surface area contributed by atoms with Crippen molar-refractivity contribution in [3.8, 4) is 11.8 Å². The summed E-state index contributed by atoms with van der Waals surface area (Å²) in [5.74, 6) is 0.725. The Morgan fingerprint density at radius 1 is 1.21 bits per heavy atom. The van der Waals surface area contributed by atoms with Gasteiger partial charge in [-0.15, -0.1) is 0 Å². The van der Waals surface area contributed by atoms with Crippen molar-refractivity contribution < 1.29 is 9.13 Å². The summed E-state index contributed by atoms with van der Waals surface area (Å²) >= 11 is 6.04. The minimum atomic E-state index is -1.07. The average molecular weight is 478 g/mol. The molecule has 0 amide bonds. The molecule has 6 nitrogen and oxygen atoms in total. The lowest BCUT2D eigenvalue weighted by Gasteiger charge is -2.33. The second-order valence-electron chi connectivity index (χ2n) is 8.25. The molecule has 0 aliphatic heterocycles. The number of nitriles is 1. The number of rotatable bonds is 9. The van der Waals surface area contributed by atoms with E-state index in [9.17, 15) is 9.65 Å². The van der Waals surface area contributed by atoms with Gasteiger partial charge in [-0.1, -0.05) is 41.9 Å². The number of aryl methyl sites for hydroxylation is 2. The number of fused-ring (bicyclic) bond motifs is 1. The monoisotopic (exact) mass is 477 g/mol. The Labute approximate surface area is 203 Å². The molecule has 0 aliphatic carbocycles. The largest absolute Gasteiger partial charge is 0.467 e. The molecule has 2 aromatic carbocycles. The highest BCUT2D eigenvalue weighted by atomic mass is 35.5.